The molecule has 1 aliphatic rings. The first kappa shape index (κ1) is 21.2. The summed E-state index contributed by atoms with van der Waals surface area (Å²) in [7, 11) is 0. The van der Waals surface area contributed by atoms with Crippen molar-refractivity contribution in [3.05, 3.63) is 66.0 Å². The van der Waals surface area contributed by atoms with Crippen LogP contribution in [0.3, 0.4) is 0 Å². The molecule has 7 heteroatoms. The lowest BCUT2D eigenvalue weighted by Gasteiger charge is -2.26. The zero-order valence-electron chi connectivity index (χ0n) is 14.9. The predicted molar refractivity (Wildman–Crippen MR) is 113 cm³/mol. The number of halogens is 2. The molecular formula is C20H24Cl2N4O. The number of benzene rings is 2. The number of amides is 1. The van der Waals surface area contributed by atoms with Crippen molar-refractivity contribution >= 4 is 41.5 Å². The van der Waals surface area contributed by atoms with E-state index in [0.29, 0.717) is 6.54 Å². The first-order valence-corrected chi connectivity index (χ1v) is 8.78. The number of fused-ring (bicyclic) bond motifs is 2. The summed E-state index contributed by atoms with van der Waals surface area (Å²) in [6.07, 6.45) is 4.57. The lowest BCUT2D eigenvalue weighted by atomic mass is 9.99. The van der Waals surface area contributed by atoms with Crippen molar-refractivity contribution in [2.24, 2.45) is 5.73 Å². The Morgan fingerprint density at radius 2 is 1.96 bits per heavy atom. The second-order valence-corrected chi connectivity index (χ2v) is 6.58. The third-order valence-corrected chi connectivity index (χ3v) is 4.99. The molecule has 0 saturated carbocycles. The largest absolute Gasteiger partial charge is 0.346 e. The Bertz CT molecular complexity index is 912. The van der Waals surface area contributed by atoms with Crippen LogP contribution in [0.5, 0.6) is 0 Å². The lowest BCUT2D eigenvalue weighted by molar-refractivity contribution is -0.125. The van der Waals surface area contributed by atoms with E-state index in [4.69, 9.17) is 5.73 Å². The standard InChI is InChI=1S/C20H22N4O.2ClH/c21-13-18(16-9-8-14-4-1-2-5-15(14)12-16)23-20(25)19-7-3-6-17-10-11-22-24(17)19;;/h1-2,4-5,8-12,18-19H,3,6-7,13,21H2,(H,23,25);2*1H. The van der Waals surface area contributed by atoms with E-state index in [2.05, 4.69) is 34.7 Å². The number of hydrogen-bond acceptors (Lipinski definition) is 3. The third kappa shape index (κ3) is 4.26. The molecule has 27 heavy (non-hydrogen) atoms. The minimum Gasteiger partial charge on any atom is -0.346 e. The number of aryl methyl sites for hydroxylation is 1. The fraction of sp³-hybridized carbons (Fsp3) is 0.300. The summed E-state index contributed by atoms with van der Waals surface area (Å²) in [5.41, 5.74) is 8.12. The molecule has 2 unspecified atom stereocenters. The maximum atomic E-state index is 12.8. The summed E-state index contributed by atoms with van der Waals surface area (Å²) >= 11 is 0. The van der Waals surface area contributed by atoms with Crippen molar-refractivity contribution in [2.75, 3.05) is 6.54 Å². The zero-order valence-corrected chi connectivity index (χ0v) is 16.5. The molecule has 144 valence electrons. The predicted octanol–water partition coefficient (Wildman–Crippen LogP) is 3.57. The second-order valence-electron chi connectivity index (χ2n) is 6.58. The summed E-state index contributed by atoms with van der Waals surface area (Å²) < 4.78 is 1.85. The molecule has 3 aromatic rings. The van der Waals surface area contributed by atoms with Gasteiger partial charge in [0.15, 0.2) is 0 Å². The maximum absolute atomic E-state index is 12.8. The molecule has 1 aromatic heterocycles. The van der Waals surface area contributed by atoms with Gasteiger partial charge in [0.05, 0.1) is 6.04 Å². The first-order valence-electron chi connectivity index (χ1n) is 8.78. The van der Waals surface area contributed by atoms with Crippen LogP contribution in [0.15, 0.2) is 54.7 Å². The minimum absolute atomic E-state index is 0. The smallest absolute Gasteiger partial charge is 0.245 e. The highest BCUT2D eigenvalue weighted by Gasteiger charge is 2.28. The Morgan fingerprint density at radius 3 is 2.74 bits per heavy atom. The van der Waals surface area contributed by atoms with E-state index in [0.717, 1.165) is 35.9 Å². The van der Waals surface area contributed by atoms with Gasteiger partial charge in [-0.2, -0.15) is 5.10 Å². The van der Waals surface area contributed by atoms with Gasteiger partial charge in [0.1, 0.15) is 6.04 Å². The summed E-state index contributed by atoms with van der Waals surface area (Å²) in [4.78, 5) is 12.8. The van der Waals surface area contributed by atoms with Crippen molar-refractivity contribution in [3.63, 3.8) is 0 Å². The zero-order chi connectivity index (χ0) is 17.2. The number of nitrogens with one attached hydrogen (secondary N) is 1. The number of nitrogens with zero attached hydrogens (tertiary/aromatic N) is 2. The molecule has 4 rings (SSSR count). The van der Waals surface area contributed by atoms with Gasteiger partial charge in [-0.25, -0.2) is 0 Å². The average molecular weight is 407 g/mol. The Hall–Kier alpha value is -2.08. The van der Waals surface area contributed by atoms with Crippen LogP contribution in [0.2, 0.25) is 0 Å². The summed E-state index contributed by atoms with van der Waals surface area (Å²) in [5.74, 6) is -0.00624. The molecule has 0 fully saturated rings. The Morgan fingerprint density at radius 1 is 1.19 bits per heavy atom. The number of carbonyl (C=O) groups is 1. The van der Waals surface area contributed by atoms with Crippen molar-refractivity contribution < 1.29 is 4.79 Å². The van der Waals surface area contributed by atoms with Gasteiger partial charge in [-0.15, -0.1) is 24.8 Å². The molecule has 0 spiro atoms. The van der Waals surface area contributed by atoms with Crippen LogP contribution in [0.1, 0.15) is 36.2 Å². The van der Waals surface area contributed by atoms with Crippen LogP contribution in [-0.4, -0.2) is 22.2 Å². The van der Waals surface area contributed by atoms with E-state index in [1.54, 1.807) is 6.20 Å². The average Bonchev–Trinajstić information content (AvgIpc) is 3.14. The monoisotopic (exact) mass is 406 g/mol. The number of hydrogen-bond donors (Lipinski definition) is 2. The third-order valence-electron chi connectivity index (χ3n) is 4.99. The topological polar surface area (TPSA) is 72.9 Å². The second kappa shape index (κ2) is 9.22. The van der Waals surface area contributed by atoms with Crippen molar-refractivity contribution in [1.82, 2.24) is 15.1 Å². The molecule has 0 radical (unpaired) electrons. The Labute approximate surface area is 171 Å². The van der Waals surface area contributed by atoms with E-state index in [9.17, 15) is 4.79 Å². The molecule has 3 N–H and O–H groups in total. The Balaban J connectivity index is 0.00000131. The molecule has 0 bridgehead atoms. The SMILES string of the molecule is Cl.Cl.NCC(NC(=O)C1CCCc2ccnn21)c1ccc2ccccc2c1. The first-order chi connectivity index (χ1) is 12.3. The van der Waals surface area contributed by atoms with Crippen LogP contribution < -0.4 is 11.1 Å². The van der Waals surface area contributed by atoms with Crippen LogP contribution in [0, 0.1) is 0 Å². The van der Waals surface area contributed by atoms with Crippen molar-refractivity contribution in [2.45, 2.75) is 31.3 Å². The number of aromatic nitrogens is 2. The van der Waals surface area contributed by atoms with Gasteiger partial charge in [0, 0.05) is 18.4 Å². The number of carbonyl (C=O) groups excluding carboxylic acids is 1. The van der Waals surface area contributed by atoms with Gasteiger partial charge in [-0.1, -0.05) is 36.4 Å². The van der Waals surface area contributed by atoms with Gasteiger partial charge in [-0.05, 0) is 47.7 Å². The highest BCUT2D eigenvalue weighted by atomic mass is 35.5. The molecule has 1 amide bonds. The Kier molecular flexibility index (Phi) is 7.25. The van der Waals surface area contributed by atoms with Gasteiger partial charge < -0.3 is 11.1 Å². The van der Waals surface area contributed by atoms with E-state index >= 15 is 0 Å². The van der Waals surface area contributed by atoms with Crippen LogP contribution >= 0.6 is 24.8 Å². The molecule has 2 aromatic carbocycles. The maximum Gasteiger partial charge on any atom is 0.245 e. The van der Waals surface area contributed by atoms with Gasteiger partial charge in [0.25, 0.3) is 0 Å². The molecular weight excluding hydrogens is 383 g/mol. The number of rotatable bonds is 4. The van der Waals surface area contributed by atoms with Gasteiger partial charge in [-0.3, -0.25) is 9.48 Å². The molecule has 0 saturated heterocycles. The molecule has 2 atom stereocenters. The van der Waals surface area contributed by atoms with E-state index in [-0.39, 0.29) is 42.8 Å². The summed E-state index contributed by atoms with van der Waals surface area (Å²) in [6, 6.07) is 16.0. The van der Waals surface area contributed by atoms with E-state index < -0.39 is 0 Å². The molecule has 2 heterocycles. The fourth-order valence-corrected chi connectivity index (χ4v) is 3.63. The summed E-state index contributed by atoms with van der Waals surface area (Å²) in [6.45, 7) is 0.364. The van der Waals surface area contributed by atoms with Gasteiger partial charge >= 0.3 is 0 Å². The van der Waals surface area contributed by atoms with Gasteiger partial charge in [0.2, 0.25) is 5.91 Å². The number of nitrogens with two attached hydrogens (primary N) is 1. The molecule has 0 aliphatic carbocycles. The fourth-order valence-electron chi connectivity index (χ4n) is 3.63. The van der Waals surface area contributed by atoms with E-state index in [1.165, 1.54) is 5.39 Å². The minimum atomic E-state index is -0.242. The summed E-state index contributed by atoms with van der Waals surface area (Å²) in [5, 5.41) is 9.79. The molecule has 1 aliphatic heterocycles. The quantitative estimate of drug-likeness (QED) is 0.695. The van der Waals surface area contributed by atoms with Crippen molar-refractivity contribution in [3.8, 4) is 0 Å². The van der Waals surface area contributed by atoms with Crippen LogP contribution in [0.25, 0.3) is 10.8 Å². The highest BCUT2D eigenvalue weighted by Crippen LogP contribution is 2.25. The van der Waals surface area contributed by atoms with E-state index in [1.807, 2.05) is 28.9 Å². The lowest BCUT2D eigenvalue weighted by Crippen LogP contribution is -2.40. The van der Waals surface area contributed by atoms with Crippen molar-refractivity contribution in [1.29, 1.82) is 0 Å². The highest BCUT2D eigenvalue weighted by molar-refractivity contribution is 5.86. The molecule has 5 nitrogen and oxygen atoms in total. The van der Waals surface area contributed by atoms with Crippen LogP contribution in [0.4, 0.5) is 0 Å². The normalized spacial score (nSPS) is 16.6. The van der Waals surface area contributed by atoms with Crippen LogP contribution in [-0.2, 0) is 11.2 Å².